The Bertz CT molecular complexity index is 546. The zero-order valence-electron chi connectivity index (χ0n) is 15.5. The van der Waals surface area contributed by atoms with E-state index in [-0.39, 0.29) is 0 Å². The van der Waals surface area contributed by atoms with Gasteiger partial charge in [-0.1, -0.05) is 45.6 Å². The summed E-state index contributed by atoms with van der Waals surface area (Å²) in [4.78, 5) is 23.6. The zero-order chi connectivity index (χ0) is 18.5. The summed E-state index contributed by atoms with van der Waals surface area (Å²) in [6, 6.07) is 5.27. The van der Waals surface area contributed by atoms with Crippen LogP contribution in [0.1, 0.15) is 57.9 Å². The van der Waals surface area contributed by atoms with Gasteiger partial charge in [-0.05, 0) is 37.5 Å². The molecule has 0 fully saturated rings. The first-order valence-corrected chi connectivity index (χ1v) is 9.05. The number of ether oxygens (including phenoxy) is 2. The number of aryl methyl sites for hydroxylation is 1. The number of amides is 2. The van der Waals surface area contributed by atoms with Gasteiger partial charge in [-0.25, -0.2) is 9.59 Å². The van der Waals surface area contributed by atoms with Gasteiger partial charge in [0.25, 0.3) is 0 Å². The number of carbonyl (C=O) groups is 2. The molecule has 0 spiro atoms. The fourth-order valence-electron chi connectivity index (χ4n) is 2.17. The van der Waals surface area contributed by atoms with Gasteiger partial charge in [0, 0.05) is 11.4 Å². The van der Waals surface area contributed by atoms with E-state index in [0.29, 0.717) is 24.6 Å². The molecule has 0 unspecified atom stereocenters. The highest BCUT2D eigenvalue weighted by Crippen LogP contribution is 2.20. The zero-order valence-corrected chi connectivity index (χ0v) is 15.5. The number of carbonyl (C=O) groups excluding carboxylic acids is 2. The molecule has 0 aliphatic carbocycles. The van der Waals surface area contributed by atoms with Crippen LogP contribution in [-0.4, -0.2) is 25.4 Å². The number of unbranched alkanes of at least 4 members (excludes halogenated alkanes) is 4. The van der Waals surface area contributed by atoms with Crippen molar-refractivity contribution in [1.29, 1.82) is 0 Å². The fourth-order valence-corrected chi connectivity index (χ4v) is 2.17. The lowest BCUT2D eigenvalue weighted by atomic mass is 10.2. The maximum absolute atomic E-state index is 11.8. The highest BCUT2D eigenvalue weighted by atomic mass is 16.6. The Morgan fingerprint density at radius 2 is 1.44 bits per heavy atom. The van der Waals surface area contributed by atoms with Crippen LogP contribution in [0.15, 0.2) is 18.2 Å². The van der Waals surface area contributed by atoms with E-state index in [2.05, 4.69) is 24.5 Å². The second kappa shape index (κ2) is 12.2. The third-order valence-electron chi connectivity index (χ3n) is 3.68. The van der Waals surface area contributed by atoms with Crippen LogP contribution in [0.2, 0.25) is 0 Å². The van der Waals surface area contributed by atoms with Gasteiger partial charge in [0.1, 0.15) is 0 Å². The van der Waals surface area contributed by atoms with E-state index in [1.54, 1.807) is 12.1 Å². The molecule has 0 aliphatic heterocycles. The van der Waals surface area contributed by atoms with Gasteiger partial charge in [-0.2, -0.15) is 0 Å². The van der Waals surface area contributed by atoms with E-state index >= 15 is 0 Å². The molecule has 0 saturated carbocycles. The number of anilines is 2. The quantitative estimate of drug-likeness (QED) is 0.548. The number of benzene rings is 1. The van der Waals surface area contributed by atoms with Gasteiger partial charge >= 0.3 is 12.2 Å². The average Bonchev–Trinajstić information content (AvgIpc) is 2.58. The number of hydrogen-bond acceptors (Lipinski definition) is 4. The largest absolute Gasteiger partial charge is 0.449 e. The van der Waals surface area contributed by atoms with Crippen molar-refractivity contribution in [3.05, 3.63) is 23.8 Å². The summed E-state index contributed by atoms with van der Waals surface area (Å²) in [6.07, 6.45) is 4.95. The number of hydrogen-bond donors (Lipinski definition) is 2. The Balaban J connectivity index is 2.49. The first-order chi connectivity index (χ1) is 12.1. The molecule has 0 heterocycles. The van der Waals surface area contributed by atoms with Crippen LogP contribution < -0.4 is 10.6 Å². The molecule has 1 aromatic rings. The summed E-state index contributed by atoms with van der Waals surface area (Å²) < 4.78 is 10.3. The second-order valence-electron chi connectivity index (χ2n) is 5.97. The lowest BCUT2D eigenvalue weighted by Gasteiger charge is -2.12. The monoisotopic (exact) mass is 350 g/mol. The minimum absolute atomic E-state index is 0.403. The summed E-state index contributed by atoms with van der Waals surface area (Å²) in [5.74, 6) is 0. The maximum Gasteiger partial charge on any atom is 0.411 e. The Kier molecular flexibility index (Phi) is 10.1. The molecule has 0 bridgehead atoms. The van der Waals surface area contributed by atoms with Crippen molar-refractivity contribution in [2.45, 2.75) is 59.3 Å². The van der Waals surface area contributed by atoms with Crippen LogP contribution in [0.25, 0.3) is 0 Å². The number of nitrogens with one attached hydrogen (secondary N) is 2. The highest BCUT2D eigenvalue weighted by Gasteiger charge is 2.09. The third kappa shape index (κ3) is 8.98. The van der Waals surface area contributed by atoms with Crippen LogP contribution in [0.3, 0.4) is 0 Å². The van der Waals surface area contributed by atoms with Crippen molar-refractivity contribution in [3.63, 3.8) is 0 Å². The molecule has 25 heavy (non-hydrogen) atoms. The Labute approximate surface area is 150 Å². The van der Waals surface area contributed by atoms with Gasteiger partial charge in [0.15, 0.2) is 0 Å². The van der Waals surface area contributed by atoms with E-state index in [9.17, 15) is 9.59 Å². The van der Waals surface area contributed by atoms with Gasteiger partial charge < -0.3 is 9.47 Å². The molecule has 1 rings (SSSR count). The third-order valence-corrected chi connectivity index (χ3v) is 3.68. The molecule has 0 aromatic heterocycles. The van der Waals surface area contributed by atoms with E-state index in [4.69, 9.17) is 9.47 Å². The molecule has 1 aromatic carbocycles. The standard InChI is InChI=1S/C19H30N2O4/c1-4-6-8-12-24-18(22)20-16-11-10-15(3)17(14-16)21-19(23)25-13-9-7-5-2/h10-11,14H,4-9,12-13H2,1-3H3,(H,20,22)(H,21,23). The lowest BCUT2D eigenvalue weighted by molar-refractivity contribution is 0.158. The Hall–Kier alpha value is -2.24. The lowest BCUT2D eigenvalue weighted by Crippen LogP contribution is -2.17. The van der Waals surface area contributed by atoms with Crippen LogP contribution in [0.4, 0.5) is 21.0 Å². The highest BCUT2D eigenvalue weighted by molar-refractivity contribution is 5.89. The van der Waals surface area contributed by atoms with Gasteiger partial charge in [0.05, 0.1) is 13.2 Å². The van der Waals surface area contributed by atoms with E-state index in [1.807, 2.05) is 13.0 Å². The molecule has 2 N–H and O–H groups in total. The fraction of sp³-hybridized carbons (Fsp3) is 0.579. The first kappa shape index (κ1) is 20.8. The van der Waals surface area contributed by atoms with Crippen molar-refractivity contribution < 1.29 is 19.1 Å². The van der Waals surface area contributed by atoms with Gasteiger partial charge in [0.2, 0.25) is 0 Å². The molecular weight excluding hydrogens is 320 g/mol. The van der Waals surface area contributed by atoms with Crippen molar-refractivity contribution in [2.75, 3.05) is 23.8 Å². The first-order valence-electron chi connectivity index (χ1n) is 9.05. The average molecular weight is 350 g/mol. The minimum Gasteiger partial charge on any atom is -0.449 e. The van der Waals surface area contributed by atoms with Crippen LogP contribution >= 0.6 is 0 Å². The predicted octanol–water partition coefficient (Wildman–Crippen LogP) is 5.47. The smallest absolute Gasteiger partial charge is 0.411 e. The summed E-state index contributed by atoms with van der Waals surface area (Å²) >= 11 is 0. The van der Waals surface area contributed by atoms with E-state index in [0.717, 1.165) is 44.1 Å². The molecule has 2 amide bonds. The van der Waals surface area contributed by atoms with Gasteiger partial charge in [-0.15, -0.1) is 0 Å². The summed E-state index contributed by atoms with van der Waals surface area (Å²) in [7, 11) is 0. The van der Waals surface area contributed by atoms with E-state index < -0.39 is 12.2 Å². The molecule has 140 valence electrons. The van der Waals surface area contributed by atoms with Crippen molar-refractivity contribution in [1.82, 2.24) is 0 Å². The van der Waals surface area contributed by atoms with Crippen molar-refractivity contribution in [2.24, 2.45) is 0 Å². The van der Waals surface area contributed by atoms with Gasteiger partial charge in [-0.3, -0.25) is 10.6 Å². The van der Waals surface area contributed by atoms with Crippen molar-refractivity contribution in [3.8, 4) is 0 Å². The minimum atomic E-state index is -0.493. The summed E-state index contributed by atoms with van der Waals surface area (Å²) in [5.41, 5.74) is 2.05. The molecule has 0 atom stereocenters. The molecule has 6 nitrogen and oxygen atoms in total. The number of rotatable bonds is 10. The molecule has 6 heteroatoms. The summed E-state index contributed by atoms with van der Waals surface area (Å²) in [6.45, 7) is 6.87. The van der Waals surface area contributed by atoms with E-state index in [1.165, 1.54) is 0 Å². The predicted molar refractivity (Wildman–Crippen MR) is 100 cm³/mol. The SMILES string of the molecule is CCCCCOC(=O)Nc1ccc(C)c(NC(=O)OCCCCC)c1. The normalized spacial score (nSPS) is 10.2. The van der Waals surface area contributed by atoms with Crippen LogP contribution in [0.5, 0.6) is 0 Å². The summed E-state index contributed by atoms with van der Waals surface area (Å²) in [5, 5.41) is 5.37. The van der Waals surface area contributed by atoms with Crippen LogP contribution in [-0.2, 0) is 9.47 Å². The Morgan fingerprint density at radius 1 is 0.880 bits per heavy atom. The maximum atomic E-state index is 11.8. The molecule has 0 radical (unpaired) electrons. The van der Waals surface area contributed by atoms with Crippen molar-refractivity contribution >= 4 is 23.6 Å². The second-order valence-corrected chi connectivity index (χ2v) is 5.97. The molecule has 0 aliphatic rings. The molecular formula is C19H30N2O4. The Morgan fingerprint density at radius 3 is 2.00 bits per heavy atom. The van der Waals surface area contributed by atoms with Crippen LogP contribution in [0, 0.1) is 6.92 Å². The topological polar surface area (TPSA) is 76.7 Å². The molecule has 0 saturated heterocycles.